The summed E-state index contributed by atoms with van der Waals surface area (Å²) in [6, 6.07) is 31.7. The summed E-state index contributed by atoms with van der Waals surface area (Å²) >= 11 is 0. The molecule has 4 aliphatic rings. The van der Waals surface area contributed by atoms with Gasteiger partial charge >= 0.3 is 5.97 Å². The van der Waals surface area contributed by atoms with Crippen LogP contribution in [0.1, 0.15) is 49.3 Å². The molecule has 9 rings (SSSR count). The Morgan fingerprint density at radius 3 is 1.80 bits per heavy atom. The van der Waals surface area contributed by atoms with Crippen molar-refractivity contribution in [3.63, 3.8) is 0 Å². The van der Waals surface area contributed by atoms with E-state index in [1.54, 1.807) is 0 Å². The molecule has 0 saturated carbocycles. The first-order valence-corrected chi connectivity index (χ1v) is 15.2. The third-order valence-electron chi connectivity index (χ3n) is 9.57. The van der Waals surface area contributed by atoms with E-state index in [0.29, 0.717) is 40.7 Å². The molecule has 0 bridgehead atoms. The molecule has 0 fully saturated rings. The zero-order valence-electron chi connectivity index (χ0n) is 25.8. The fourth-order valence-electron chi connectivity index (χ4n) is 7.35. The molecule has 46 heavy (non-hydrogen) atoms. The monoisotopic (exact) mass is 610 g/mol. The van der Waals surface area contributed by atoms with Gasteiger partial charge in [-0.2, -0.15) is 0 Å². The van der Waals surface area contributed by atoms with E-state index < -0.39 is 11.2 Å². The van der Waals surface area contributed by atoms with E-state index in [9.17, 15) is 4.79 Å². The number of fused-ring (bicyclic) bond motifs is 12. The van der Waals surface area contributed by atoms with Gasteiger partial charge < -0.3 is 24.0 Å². The van der Waals surface area contributed by atoms with E-state index in [0.717, 1.165) is 44.8 Å². The van der Waals surface area contributed by atoms with Crippen LogP contribution in [0, 0.1) is 0 Å². The van der Waals surface area contributed by atoms with Crippen LogP contribution < -0.4 is 19.3 Å². The van der Waals surface area contributed by atoms with Crippen molar-refractivity contribution in [2.75, 3.05) is 38.0 Å². The highest BCUT2D eigenvalue weighted by molar-refractivity contribution is 5.97. The fourth-order valence-corrected chi connectivity index (χ4v) is 7.35. The van der Waals surface area contributed by atoms with Gasteiger partial charge in [-0.3, -0.25) is 0 Å². The Morgan fingerprint density at radius 1 is 0.565 bits per heavy atom. The zero-order chi connectivity index (χ0) is 31.4. The first-order valence-electron chi connectivity index (χ1n) is 15.2. The maximum atomic E-state index is 13.6. The molecule has 4 aliphatic heterocycles. The number of hydrogen-bond acceptors (Lipinski definition) is 8. The molecule has 0 saturated heterocycles. The number of ether oxygens (including phenoxy) is 3. The Hall–Kier alpha value is -5.31. The summed E-state index contributed by atoms with van der Waals surface area (Å²) in [6.07, 6.45) is 0. The quantitative estimate of drug-likeness (QED) is 0.153. The van der Waals surface area contributed by atoms with Crippen LogP contribution in [-0.2, 0) is 32.3 Å². The Balaban J connectivity index is 1.36. The van der Waals surface area contributed by atoms with E-state index in [4.69, 9.17) is 24.0 Å². The van der Waals surface area contributed by atoms with Gasteiger partial charge in [0.2, 0.25) is 0 Å². The third kappa shape index (κ3) is 3.42. The van der Waals surface area contributed by atoms with Crippen LogP contribution in [0.25, 0.3) is 0 Å². The number of hydrogen-bond donors (Lipinski definition) is 0. The van der Waals surface area contributed by atoms with Gasteiger partial charge in [-0.1, -0.05) is 42.5 Å². The summed E-state index contributed by atoms with van der Waals surface area (Å²) in [6.45, 7) is 0.309. The summed E-state index contributed by atoms with van der Waals surface area (Å²) in [5, 5.41) is 0. The average Bonchev–Trinajstić information content (AvgIpc) is 3.36. The van der Waals surface area contributed by atoms with E-state index in [-0.39, 0.29) is 5.97 Å². The van der Waals surface area contributed by atoms with Gasteiger partial charge in [0.25, 0.3) is 0 Å². The van der Waals surface area contributed by atoms with Crippen molar-refractivity contribution in [3.05, 3.63) is 142 Å². The number of rotatable bonds is 2. The lowest BCUT2D eigenvalue weighted by Gasteiger charge is -2.44. The average molecular weight is 611 g/mol. The SMILES string of the molecule is CN(C)c1ccc2c(c1)Oc1cc3c(cc1C21OOCc2ccccc21)C1(OC(=O)c2ccccc21)c1ccc(N(C)C)cc1O3. The molecule has 2 atom stereocenters. The van der Waals surface area contributed by atoms with Crippen molar-refractivity contribution in [1.82, 2.24) is 0 Å². The van der Waals surface area contributed by atoms with Gasteiger partial charge in [0, 0.05) is 91.1 Å². The molecule has 2 unspecified atom stereocenters. The molecule has 2 spiro atoms. The molecular weight excluding hydrogens is 580 g/mol. The smallest absolute Gasteiger partial charge is 0.340 e. The van der Waals surface area contributed by atoms with Crippen LogP contribution in [0.15, 0.2) is 97.1 Å². The van der Waals surface area contributed by atoms with Gasteiger partial charge in [-0.25, -0.2) is 14.6 Å². The Kier molecular flexibility index (Phi) is 5.50. The van der Waals surface area contributed by atoms with E-state index in [1.807, 2.05) is 123 Å². The molecule has 8 heteroatoms. The largest absolute Gasteiger partial charge is 0.456 e. The standard InChI is InChI=1S/C38H30N2O6/c1-39(2)23-13-15-28-32(17-23)43-34-20-35-31(19-30(34)37(28)27-12-8-6-10-25(27)36(41)45-37)38(26-11-7-5-9-22(26)21-42-46-38)29-16-14-24(40(3)4)18-33(29)44-35/h5-20H,21H2,1-4H3. The van der Waals surface area contributed by atoms with Crippen LogP contribution in [-0.4, -0.2) is 34.2 Å². The zero-order valence-corrected chi connectivity index (χ0v) is 25.8. The van der Waals surface area contributed by atoms with E-state index in [2.05, 4.69) is 12.1 Å². The minimum absolute atomic E-state index is 0.309. The topological polar surface area (TPSA) is 69.7 Å². The lowest BCUT2D eigenvalue weighted by molar-refractivity contribution is -0.364. The third-order valence-corrected chi connectivity index (χ3v) is 9.57. The molecule has 0 aliphatic carbocycles. The molecule has 0 N–H and O–H groups in total. The highest BCUT2D eigenvalue weighted by Crippen LogP contribution is 2.62. The number of carbonyl (C=O) groups excluding carboxylic acids is 1. The molecule has 0 amide bonds. The minimum atomic E-state index is -1.26. The first-order chi connectivity index (χ1) is 22.3. The van der Waals surface area contributed by atoms with Crippen molar-refractivity contribution in [1.29, 1.82) is 0 Å². The van der Waals surface area contributed by atoms with Gasteiger partial charge in [-0.05, 0) is 42.0 Å². The van der Waals surface area contributed by atoms with Gasteiger partial charge in [0.05, 0.1) is 5.56 Å². The predicted molar refractivity (Wildman–Crippen MR) is 172 cm³/mol. The number of anilines is 2. The molecule has 5 aromatic carbocycles. The van der Waals surface area contributed by atoms with Crippen LogP contribution in [0.2, 0.25) is 0 Å². The molecule has 228 valence electrons. The van der Waals surface area contributed by atoms with E-state index >= 15 is 0 Å². The van der Waals surface area contributed by atoms with Crippen molar-refractivity contribution in [2.45, 2.75) is 17.8 Å². The second-order valence-electron chi connectivity index (χ2n) is 12.5. The molecule has 0 aromatic heterocycles. The molecule has 0 radical (unpaired) electrons. The fraction of sp³-hybridized carbons (Fsp3) is 0.184. The summed E-state index contributed by atoms with van der Waals surface area (Å²) in [4.78, 5) is 30.0. The summed E-state index contributed by atoms with van der Waals surface area (Å²) in [7, 11) is 7.94. The molecule has 8 nitrogen and oxygen atoms in total. The van der Waals surface area contributed by atoms with Crippen LogP contribution in [0.5, 0.6) is 23.0 Å². The summed E-state index contributed by atoms with van der Waals surface area (Å²) in [5.74, 6) is 1.95. The van der Waals surface area contributed by atoms with Crippen molar-refractivity contribution >= 4 is 17.3 Å². The Morgan fingerprint density at radius 2 is 1.13 bits per heavy atom. The number of nitrogens with zero attached hydrogens (tertiary/aromatic N) is 2. The lowest BCUT2D eigenvalue weighted by atomic mass is 9.72. The normalized spacial score (nSPS) is 21.1. The Bertz CT molecular complexity index is 2120. The lowest BCUT2D eigenvalue weighted by Crippen LogP contribution is -2.40. The first kappa shape index (κ1) is 27.0. The van der Waals surface area contributed by atoms with Crippen LogP contribution in [0.4, 0.5) is 11.4 Å². The second-order valence-corrected chi connectivity index (χ2v) is 12.5. The highest BCUT2D eigenvalue weighted by Gasteiger charge is 2.56. The second kappa shape index (κ2) is 9.36. The predicted octanol–water partition coefficient (Wildman–Crippen LogP) is 7.25. The summed E-state index contributed by atoms with van der Waals surface area (Å²) < 4.78 is 19.9. The van der Waals surface area contributed by atoms with Crippen LogP contribution in [0.3, 0.4) is 0 Å². The molecular formula is C38H30N2O6. The maximum Gasteiger partial charge on any atom is 0.340 e. The van der Waals surface area contributed by atoms with Crippen molar-refractivity contribution in [2.24, 2.45) is 0 Å². The van der Waals surface area contributed by atoms with Gasteiger partial charge in [0.15, 0.2) is 11.2 Å². The summed E-state index contributed by atoms with van der Waals surface area (Å²) in [5.41, 5.74) is 5.69. The van der Waals surface area contributed by atoms with Crippen LogP contribution >= 0.6 is 0 Å². The highest BCUT2D eigenvalue weighted by atomic mass is 17.2. The Labute approximate surface area is 266 Å². The van der Waals surface area contributed by atoms with Gasteiger partial charge in [0.1, 0.15) is 29.6 Å². The molecule has 5 aromatic rings. The molecule has 4 heterocycles. The van der Waals surface area contributed by atoms with Crippen molar-refractivity contribution in [3.8, 4) is 23.0 Å². The minimum Gasteiger partial charge on any atom is -0.456 e. The number of carbonyl (C=O) groups is 1. The maximum absolute atomic E-state index is 13.6. The van der Waals surface area contributed by atoms with Gasteiger partial charge in [-0.15, -0.1) is 0 Å². The van der Waals surface area contributed by atoms with Crippen molar-refractivity contribution < 1.29 is 28.8 Å². The van der Waals surface area contributed by atoms with E-state index in [1.165, 1.54) is 0 Å². The number of benzene rings is 5. The number of esters is 1.